The van der Waals surface area contributed by atoms with E-state index < -0.39 is 12.3 Å². The minimum atomic E-state index is -4.77. The van der Waals surface area contributed by atoms with Crippen LogP contribution in [0.1, 0.15) is 20.9 Å². The van der Waals surface area contributed by atoms with Crippen LogP contribution in [0.3, 0.4) is 0 Å². The van der Waals surface area contributed by atoms with Crippen LogP contribution in [0.2, 0.25) is 0 Å². The largest absolute Gasteiger partial charge is 0.573 e. The summed E-state index contributed by atoms with van der Waals surface area (Å²) in [5, 5.41) is 11.9. The van der Waals surface area contributed by atoms with Crippen LogP contribution in [0.25, 0.3) is 0 Å². The van der Waals surface area contributed by atoms with Crippen LogP contribution < -0.4 is 14.2 Å². The summed E-state index contributed by atoms with van der Waals surface area (Å²) in [5.74, 6) is 4.52. The highest BCUT2D eigenvalue weighted by Crippen LogP contribution is 2.30. The highest BCUT2D eigenvalue weighted by molar-refractivity contribution is 8.00. The quantitative estimate of drug-likeness (QED) is 0.379. The Labute approximate surface area is 183 Å². The van der Waals surface area contributed by atoms with Crippen molar-refractivity contribution < 1.29 is 32.5 Å². The first-order chi connectivity index (χ1) is 14.7. The van der Waals surface area contributed by atoms with Gasteiger partial charge in [0.05, 0.1) is 18.4 Å². The van der Waals surface area contributed by atoms with Crippen molar-refractivity contribution in [1.82, 2.24) is 4.98 Å². The normalized spacial score (nSPS) is 10.7. The van der Waals surface area contributed by atoms with Gasteiger partial charge in [-0.2, -0.15) is 0 Å². The number of thiazole rings is 1. The van der Waals surface area contributed by atoms with Gasteiger partial charge in [0.15, 0.2) is 5.01 Å². The monoisotopic (exact) mass is 466 g/mol. The van der Waals surface area contributed by atoms with Crippen LogP contribution in [-0.4, -0.2) is 29.5 Å². The second-order valence-electron chi connectivity index (χ2n) is 5.74. The molecule has 3 rings (SSSR count). The summed E-state index contributed by atoms with van der Waals surface area (Å²) in [6, 6.07) is 9.80. The van der Waals surface area contributed by atoms with Gasteiger partial charge in [-0.25, -0.2) is 9.78 Å². The molecule has 0 unspecified atom stereocenters. The first-order valence-corrected chi connectivity index (χ1v) is 10.1. The number of aromatic nitrogens is 1. The van der Waals surface area contributed by atoms with Crippen LogP contribution >= 0.6 is 23.3 Å². The fourth-order valence-electron chi connectivity index (χ4n) is 2.28. The third kappa shape index (κ3) is 6.56. The molecule has 11 heteroatoms. The Morgan fingerprint density at radius 3 is 2.74 bits per heavy atom. The number of carboxylic acids is 1. The number of halogens is 3. The molecule has 0 amide bonds. The molecular formula is C20H13F3N2O4S2. The number of ether oxygens (including phenoxy) is 2. The van der Waals surface area contributed by atoms with Crippen LogP contribution in [-0.2, 0) is 0 Å². The lowest BCUT2D eigenvalue weighted by Crippen LogP contribution is -2.17. The van der Waals surface area contributed by atoms with E-state index in [1.54, 1.807) is 17.5 Å². The highest BCUT2D eigenvalue weighted by Gasteiger charge is 2.31. The van der Waals surface area contributed by atoms with Crippen molar-refractivity contribution in [2.45, 2.75) is 11.4 Å². The van der Waals surface area contributed by atoms with Gasteiger partial charge in [0.2, 0.25) is 0 Å². The third-order valence-electron chi connectivity index (χ3n) is 3.58. The molecule has 1 aromatic heterocycles. The minimum absolute atomic E-state index is 0.100. The van der Waals surface area contributed by atoms with E-state index in [4.69, 9.17) is 9.84 Å². The summed E-state index contributed by atoms with van der Waals surface area (Å²) < 4.78 is 49.1. The van der Waals surface area contributed by atoms with E-state index in [2.05, 4.69) is 26.3 Å². The van der Waals surface area contributed by atoms with Crippen molar-refractivity contribution in [2.75, 3.05) is 11.8 Å². The summed E-state index contributed by atoms with van der Waals surface area (Å²) in [7, 11) is 1.43. The van der Waals surface area contributed by atoms with Crippen molar-refractivity contribution >= 4 is 34.9 Å². The molecule has 0 aliphatic heterocycles. The molecule has 0 aliphatic rings. The zero-order valence-corrected chi connectivity index (χ0v) is 17.3. The van der Waals surface area contributed by atoms with E-state index in [0.29, 0.717) is 27.0 Å². The van der Waals surface area contributed by atoms with E-state index in [1.807, 2.05) is 0 Å². The zero-order chi connectivity index (χ0) is 22.4. The fraction of sp³-hybridized carbons (Fsp3) is 0.100. The molecule has 2 N–H and O–H groups in total. The molecule has 1 heterocycles. The predicted molar refractivity (Wildman–Crippen MR) is 111 cm³/mol. The van der Waals surface area contributed by atoms with E-state index in [0.717, 1.165) is 0 Å². The number of nitrogens with one attached hydrogen (secondary N) is 1. The van der Waals surface area contributed by atoms with Gasteiger partial charge in [0.25, 0.3) is 0 Å². The van der Waals surface area contributed by atoms with Crippen LogP contribution in [0, 0.1) is 11.8 Å². The number of hydrogen-bond acceptors (Lipinski definition) is 7. The number of rotatable bonds is 6. The second kappa shape index (κ2) is 9.63. The Balaban J connectivity index is 1.66. The number of aromatic carboxylic acids is 1. The molecule has 160 valence electrons. The highest BCUT2D eigenvalue weighted by atomic mass is 32.2. The average molecular weight is 466 g/mol. The summed E-state index contributed by atoms with van der Waals surface area (Å²) in [6.07, 6.45) is -4.77. The maximum atomic E-state index is 12.3. The summed E-state index contributed by atoms with van der Waals surface area (Å²) in [4.78, 5) is 15.4. The molecule has 31 heavy (non-hydrogen) atoms. The van der Waals surface area contributed by atoms with Crippen LogP contribution in [0.4, 0.5) is 18.9 Å². The van der Waals surface area contributed by atoms with E-state index >= 15 is 0 Å². The number of carboxylic acid groups (broad SMARTS) is 1. The average Bonchev–Trinajstić information content (AvgIpc) is 3.17. The molecular weight excluding hydrogens is 453 g/mol. The zero-order valence-electron chi connectivity index (χ0n) is 15.7. The van der Waals surface area contributed by atoms with Crippen LogP contribution in [0.15, 0.2) is 52.9 Å². The van der Waals surface area contributed by atoms with Gasteiger partial charge in [-0.15, -0.1) is 24.5 Å². The number of benzene rings is 2. The fourth-order valence-corrected chi connectivity index (χ4v) is 3.72. The number of hydrogen-bond donors (Lipinski definition) is 2. The molecule has 0 spiro atoms. The Hall–Kier alpha value is -3.36. The first-order valence-electron chi connectivity index (χ1n) is 8.41. The SMILES string of the molecule is COc1cc(C(=O)O)ccc1NSc1csc(C#Cc2cccc(OC(F)(F)F)c2)n1. The Bertz CT molecular complexity index is 1150. The summed E-state index contributed by atoms with van der Waals surface area (Å²) >= 11 is 2.45. The molecule has 0 atom stereocenters. The maximum absolute atomic E-state index is 12.3. The van der Waals surface area contributed by atoms with E-state index in [1.165, 1.54) is 60.7 Å². The topological polar surface area (TPSA) is 80.7 Å². The van der Waals surface area contributed by atoms with Crippen LogP contribution in [0.5, 0.6) is 11.5 Å². The standard InChI is InChI=1S/C20H13F3N2O4S2/c1-28-16-10-13(19(26)27)6-7-15(16)25-31-18-11-30-17(24-18)8-5-12-3-2-4-14(9-12)29-20(21,22)23/h2-4,6-7,9-11,25H,1H3,(H,26,27). The number of carbonyl (C=O) groups is 1. The molecule has 0 fully saturated rings. The number of alkyl halides is 3. The smallest absolute Gasteiger partial charge is 0.495 e. The molecule has 2 aromatic carbocycles. The van der Waals surface area contributed by atoms with Crippen molar-refractivity contribution in [1.29, 1.82) is 0 Å². The maximum Gasteiger partial charge on any atom is 0.573 e. The molecule has 0 bridgehead atoms. The lowest BCUT2D eigenvalue weighted by atomic mass is 10.2. The Kier molecular flexibility index (Phi) is 6.94. The molecule has 6 nitrogen and oxygen atoms in total. The van der Waals surface area contributed by atoms with Gasteiger partial charge in [-0.1, -0.05) is 12.0 Å². The number of anilines is 1. The Morgan fingerprint density at radius 2 is 2.03 bits per heavy atom. The van der Waals surface area contributed by atoms with Gasteiger partial charge < -0.3 is 19.3 Å². The third-order valence-corrected chi connectivity index (χ3v) is 5.23. The van der Waals surface area contributed by atoms with Gasteiger partial charge in [0.1, 0.15) is 16.5 Å². The molecule has 0 radical (unpaired) electrons. The van der Waals surface area contributed by atoms with E-state index in [9.17, 15) is 18.0 Å². The molecule has 0 aliphatic carbocycles. The van der Waals surface area contributed by atoms with Gasteiger partial charge in [-0.3, -0.25) is 0 Å². The molecule has 0 saturated carbocycles. The van der Waals surface area contributed by atoms with E-state index in [-0.39, 0.29) is 11.3 Å². The van der Waals surface area contributed by atoms with Gasteiger partial charge >= 0.3 is 12.3 Å². The minimum Gasteiger partial charge on any atom is -0.495 e. The second-order valence-corrected chi connectivity index (χ2v) is 7.43. The van der Waals surface area contributed by atoms with Gasteiger partial charge in [-0.05, 0) is 42.3 Å². The number of nitrogens with zero attached hydrogens (tertiary/aromatic N) is 1. The Morgan fingerprint density at radius 1 is 1.23 bits per heavy atom. The van der Waals surface area contributed by atoms with Crippen molar-refractivity contribution in [2.24, 2.45) is 0 Å². The molecule has 0 saturated heterocycles. The number of methoxy groups -OCH3 is 1. The van der Waals surface area contributed by atoms with Crippen molar-refractivity contribution in [3.05, 3.63) is 64.0 Å². The van der Waals surface area contributed by atoms with Crippen molar-refractivity contribution in [3.8, 4) is 23.3 Å². The molecule has 3 aromatic rings. The first kappa shape index (κ1) is 22.3. The van der Waals surface area contributed by atoms with Gasteiger partial charge in [0, 0.05) is 22.9 Å². The summed E-state index contributed by atoms with van der Waals surface area (Å²) in [5.41, 5.74) is 1.02. The lowest BCUT2D eigenvalue weighted by Gasteiger charge is -2.10. The summed E-state index contributed by atoms with van der Waals surface area (Å²) in [6.45, 7) is 0. The predicted octanol–water partition coefficient (Wildman–Crippen LogP) is 5.27. The lowest BCUT2D eigenvalue weighted by molar-refractivity contribution is -0.274. The van der Waals surface area contributed by atoms with Crippen molar-refractivity contribution in [3.63, 3.8) is 0 Å².